The third kappa shape index (κ3) is 1.58. The molecule has 0 radical (unpaired) electrons. The van der Waals surface area contributed by atoms with Gasteiger partial charge in [-0.1, -0.05) is 0 Å². The number of hydrogen-bond donors (Lipinski definition) is 1. The van der Waals surface area contributed by atoms with E-state index in [9.17, 15) is 4.79 Å². The van der Waals surface area contributed by atoms with Crippen LogP contribution in [-0.4, -0.2) is 20.6 Å². The highest BCUT2D eigenvalue weighted by Gasteiger charge is 2.02. The van der Waals surface area contributed by atoms with Crippen molar-refractivity contribution in [3.05, 3.63) is 23.8 Å². The third-order valence-corrected chi connectivity index (χ3v) is 1.64. The summed E-state index contributed by atoms with van der Waals surface area (Å²) in [5.74, 6) is 0.597. The lowest BCUT2D eigenvalue weighted by Gasteiger charge is -2.04. The molecule has 0 heterocycles. The van der Waals surface area contributed by atoms with Gasteiger partial charge >= 0.3 is 0 Å². The number of carbonyl (C=O) groups is 1. The Kier molecular flexibility index (Phi) is 2.38. The standard InChI is InChI=1S/C8H10BNO2/c1-12-7-3-2-5(8(9)11)4-6(7)10/h2-4H,9-10H2,1H3. The number of nitrogen functional groups attached to an aromatic ring is 1. The van der Waals surface area contributed by atoms with Crippen molar-refractivity contribution < 1.29 is 9.53 Å². The van der Waals surface area contributed by atoms with E-state index < -0.39 is 0 Å². The van der Waals surface area contributed by atoms with E-state index in [4.69, 9.17) is 10.5 Å². The summed E-state index contributed by atoms with van der Waals surface area (Å²) in [5.41, 5.74) is 6.69. The minimum absolute atomic E-state index is 0.00403. The van der Waals surface area contributed by atoms with Crippen LogP contribution in [0.4, 0.5) is 5.69 Å². The molecule has 0 aliphatic carbocycles. The summed E-state index contributed by atoms with van der Waals surface area (Å²) >= 11 is 0. The van der Waals surface area contributed by atoms with Gasteiger partial charge in [0, 0.05) is 5.56 Å². The maximum absolute atomic E-state index is 10.9. The van der Waals surface area contributed by atoms with Gasteiger partial charge in [-0.15, -0.1) is 0 Å². The zero-order valence-corrected chi connectivity index (χ0v) is 7.13. The molecule has 0 aromatic heterocycles. The van der Waals surface area contributed by atoms with Gasteiger partial charge < -0.3 is 15.3 Å². The Bertz CT molecular complexity index is 312. The SMILES string of the molecule is BC(=O)c1ccc(OC)c(N)c1. The van der Waals surface area contributed by atoms with E-state index >= 15 is 0 Å². The molecule has 0 amide bonds. The second kappa shape index (κ2) is 3.30. The molecule has 1 rings (SSSR count). The lowest BCUT2D eigenvalue weighted by atomic mass is 9.94. The van der Waals surface area contributed by atoms with Crippen molar-refractivity contribution >= 4 is 19.2 Å². The Labute approximate surface area is 71.9 Å². The van der Waals surface area contributed by atoms with Crippen LogP contribution in [0.2, 0.25) is 0 Å². The first-order valence-corrected chi connectivity index (χ1v) is 3.59. The fraction of sp³-hybridized carbons (Fsp3) is 0.125. The van der Waals surface area contributed by atoms with E-state index in [-0.39, 0.29) is 5.68 Å². The summed E-state index contributed by atoms with van der Waals surface area (Å²) in [5, 5.41) is 0. The Morgan fingerprint density at radius 2 is 2.25 bits per heavy atom. The minimum atomic E-state index is 0.00403. The van der Waals surface area contributed by atoms with Gasteiger partial charge in [0.05, 0.1) is 12.8 Å². The Hall–Kier alpha value is -1.45. The molecule has 0 unspecified atom stereocenters. The van der Waals surface area contributed by atoms with E-state index in [0.29, 0.717) is 17.0 Å². The summed E-state index contributed by atoms with van der Waals surface area (Å²) in [6, 6.07) is 4.99. The van der Waals surface area contributed by atoms with Crippen molar-refractivity contribution in [2.75, 3.05) is 12.8 Å². The summed E-state index contributed by atoms with van der Waals surface area (Å²) in [6.45, 7) is 0. The van der Waals surface area contributed by atoms with E-state index in [1.807, 2.05) is 0 Å². The summed E-state index contributed by atoms with van der Waals surface area (Å²) in [7, 11) is 3.04. The van der Waals surface area contributed by atoms with Crippen LogP contribution >= 0.6 is 0 Å². The molecule has 0 bridgehead atoms. The second-order valence-corrected chi connectivity index (χ2v) is 2.51. The Balaban J connectivity index is 3.10. The number of methoxy groups -OCH3 is 1. The van der Waals surface area contributed by atoms with Crippen LogP contribution < -0.4 is 10.5 Å². The molecule has 0 fully saturated rings. The van der Waals surface area contributed by atoms with Crippen molar-refractivity contribution in [1.82, 2.24) is 0 Å². The molecule has 0 aliphatic rings. The van der Waals surface area contributed by atoms with Gasteiger partial charge in [-0.3, -0.25) is 0 Å². The van der Waals surface area contributed by atoms with Crippen molar-refractivity contribution in [2.45, 2.75) is 0 Å². The van der Waals surface area contributed by atoms with Crippen LogP contribution in [0, 0.1) is 0 Å². The zero-order valence-electron chi connectivity index (χ0n) is 7.13. The zero-order chi connectivity index (χ0) is 9.14. The second-order valence-electron chi connectivity index (χ2n) is 2.51. The predicted octanol–water partition coefficient (Wildman–Crippen LogP) is 0.0507. The molecule has 62 valence electrons. The smallest absolute Gasteiger partial charge is 0.193 e. The number of hydrogen-bond acceptors (Lipinski definition) is 3. The number of carbonyl (C=O) groups excluding carboxylic acids is 1. The molecule has 0 saturated heterocycles. The molecule has 0 atom stereocenters. The monoisotopic (exact) mass is 163 g/mol. The van der Waals surface area contributed by atoms with Gasteiger partial charge in [-0.25, -0.2) is 0 Å². The maximum Gasteiger partial charge on any atom is 0.193 e. The van der Waals surface area contributed by atoms with Crippen LogP contribution in [0.5, 0.6) is 5.75 Å². The van der Waals surface area contributed by atoms with Gasteiger partial charge in [0.1, 0.15) is 11.4 Å². The molecule has 3 nitrogen and oxygen atoms in total. The minimum Gasteiger partial charge on any atom is -0.495 e. The maximum atomic E-state index is 10.9. The number of benzene rings is 1. The topological polar surface area (TPSA) is 52.3 Å². The van der Waals surface area contributed by atoms with E-state index in [1.165, 1.54) is 7.85 Å². The largest absolute Gasteiger partial charge is 0.495 e. The van der Waals surface area contributed by atoms with Crippen molar-refractivity contribution in [1.29, 1.82) is 0 Å². The Morgan fingerprint density at radius 3 is 2.67 bits per heavy atom. The highest BCUT2D eigenvalue weighted by molar-refractivity contribution is 6.62. The van der Waals surface area contributed by atoms with Crippen LogP contribution in [0.1, 0.15) is 10.4 Å². The molecule has 1 aromatic rings. The number of anilines is 1. The first kappa shape index (κ1) is 8.65. The number of rotatable bonds is 2. The third-order valence-electron chi connectivity index (χ3n) is 1.64. The van der Waals surface area contributed by atoms with Crippen molar-refractivity contribution in [2.24, 2.45) is 0 Å². The lowest BCUT2D eigenvalue weighted by Crippen LogP contribution is -2.00. The fourth-order valence-corrected chi connectivity index (χ4v) is 0.953. The summed E-state index contributed by atoms with van der Waals surface area (Å²) < 4.78 is 4.94. The van der Waals surface area contributed by atoms with Gasteiger partial charge in [0.2, 0.25) is 0 Å². The first-order valence-electron chi connectivity index (χ1n) is 3.59. The average Bonchev–Trinajstić information content (AvgIpc) is 2.04. The van der Waals surface area contributed by atoms with E-state index in [1.54, 1.807) is 25.3 Å². The molecule has 0 saturated carbocycles. The summed E-state index contributed by atoms with van der Waals surface area (Å²) in [6.07, 6.45) is 0. The van der Waals surface area contributed by atoms with Crippen molar-refractivity contribution in [3.8, 4) is 5.75 Å². The van der Waals surface area contributed by atoms with E-state index in [0.717, 1.165) is 0 Å². The van der Waals surface area contributed by atoms with Gasteiger partial charge in [-0.2, -0.15) is 0 Å². The highest BCUT2D eigenvalue weighted by Crippen LogP contribution is 2.21. The molecular formula is C8H10BNO2. The molecular weight excluding hydrogens is 153 g/mol. The molecule has 0 spiro atoms. The van der Waals surface area contributed by atoms with E-state index in [2.05, 4.69) is 0 Å². The molecule has 12 heavy (non-hydrogen) atoms. The summed E-state index contributed by atoms with van der Waals surface area (Å²) in [4.78, 5) is 10.9. The Morgan fingerprint density at radius 1 is 1.58 bits per heavy atom. The molecule has 0 aliphatic heterocycles. The molecule has 2 N–H and O–H groups in total. The van der Waals surface area contributed by atoms with Crippen LogP contribution in [0.25, 0.3) is 0 Å². The normalized spacial score (nSPS) is 9.42. The van der Waals surface area contributed by atoms with Gasteiger partial charge in [0.25, 0.3) is 0 Å². The fourth-order valence-electron chi connectivity index (χ4n) is 0.953. The molecule has 4 heteroatoms. The van der Waals surface area contributed by atoms with Crippen LogP contribution in [-0.2, 0) is 0 Å². The number of ether oxygens (including phenoxy) is 1. The first-order chi connectivity index (χ1) is 5.65. The predicted molar refractivity (Wildman–Crippen MR) is 50.3 cm³/mol. The highest BCUT2D eigenvalue weighted by atomic mass is 16.5. The lowest BCUT2D eigenvalue weighted by molar-refractivity contribution is 0.108. The van der Waals surface area contributed by atoms with Crippen molar-refractivity contribution in [3.63, 3.8) is 0 Å². The molecule has 1 aromatic carbocycles. The van der Waals surface area contributed by atoms with Crippen LogP contribution in [0.15, 0.2) is 18.2 Å². The number of nitrogens with two attached hydrogens (primary N) is 1. The van der Waals surface area contributed by atoms with Gasteiger partial charge in [-0.05, 0) is 18.2 Å². The van der Waals surface area contributed by atoms with Gasteiger partial charge in [0.15, 0.2) is 7.85 Å². The quantitative estimate of drug-likeness (QED) is 0.495. The van der Waals surface area contributed by atoms with Crippen LogP contribution in [0.3, 0.4) is 0 Å². The average molecular weight is 163 g/mol.